The average Bonchev–Trinajstić information content (AvgIpc) is 2.93. The van der Waals surface area contributed by atoms with E-state index < -0.39 is 5.97 Å². The highest BCUT2D eigenvalue weighted by molar-refractivity contribution is 7.17. The van der Waals surface area contributed by atoms with Gasteiger partial charge >= 0.3 is 5.97 Å². The van der Waals surface area contributed by atoms with Gasteiger partial charge in [0.05, 0.1) is 6.61 Å². The van der Waals surface area contributed by atoms with Crippen LogP contribution in [0.1, 0.15) is 48.0 Å². The molecule has 26 heavy (non-hydrogen) atoms. The van der Waals surface area contributed by atoms with E-state index in [0.29, 0.717) is 28.1 Å². The second-order valence-corrected chi connectivity index (χ2v) is 7.87. The second-order valence-electron chi connectivity index (χ2n) is 6.82. The SMILES string of the molecule is CCOC(=O)c1c(N)sc2c1C(=CNc1ccccc1)C(=O)CC2(C)C. The van der Waals surface area contributed by atoms with Gasteiger partial charge < -0.3 is 15.8 Å². The van der Waals surface area contributed by atoms with Gasteiger partial charge in [-0.2, -0.15) is 0 Å². The standard InChI is InChI=1S/C20H22N2O3S/c1-4-25-19(24)16-15-13(11-22-12-8-6-5-7-9-12)14(23)10-20(2,3)17(15)26-18(16)21/h5-9,11,22H,4,10,21H2,1-3H3. The van der Waals surface area contributed by atoms with Crippen LogP contribution in [-0.2, 0) is 14.9 Å². The second kappa shape index (κ2) is 6.96. The number of nitrogen functional groups attached to an aromatic ring is 1. The number of Topliss-reactive ketones (excluding diaryl/α,β-unsaturated/α-hetero) is 1. The first kappa shape index (κ1) is 18.2. The maximum Gasteiger partial charge on any atom is 0.341 e. The molecular formula is C20H22N2O3S. The molecule has 0 atom stereocenters. The number of carbonyl (C=O) groups is 2. The normalized spacial score (nSPS) is 17.0. The Morgan fingerprint density at radius 2 is 2.04 bits per heavy atom. The van der Waals surface area contributed by atoms with E-state index >= 15 is 0 Å². The summed E-state index contributed by atoms with van der Waals surface area (Å²) in [5, 5.41) is 3.54. The summed E-state index contributed by atoms with van der Waals surface area (Å²) in [6.07, 6.45) is 2.03. The van der Waals surface area contributed by atoms with Crippen molar-refractivity contribution in [3.63, 3.8) is 0 Å². The summed E-state index contributed by atoms with van der Waals surface area (Å²) in [7, 11) is 0. The zero-order valence-electron chi connectivity index (χ0n) is 15.1. The predicted molar refractivity (Wildman–Crippen MR) is 105 cm³/mol. The molecule has 0 fully saturated rings. The van der Waals surface area contributed by atoms with Gasteiger partial charge in [0.25, 0.3) is 0 Å². The van der Waals surface area contributed by atoms with Crippen LogP contribution in [0.15, 0.2) is 36.5 Å². The maximum absolute atomic E-state index is 12.8. The number of anilines is 2. The predicted octanol–water partition coefficient (Wildman–Crippen LogP) is 4.21. The fourth-order valence-electron chi connectivity index (χ4n) is 3.15. The van der Waals surface area contributed by atoms with Crippen molar-refractivity contribution in [1.82, 2.24) is 0 Å². The van der Waals surface area contributed by atoms with Crippen molar-refractivity contribution in [3.8, 4) is 0 Å². The first-order valence-corrected chi connectivity index (χ1v) is 9.32. The zero-order chi connectivity index (χ0) is 18.9. The molecule has 0 radical (unpaired) electrons. The number of fused-ring (bicyclic) bond motifs is 1. The number of thiophene rings is 1. The van der Waals surface area contributed by atoms with E-state index in [4.69, 9.17) is 10.5 Å². The van der Waals surface area contributed by atoms with E-state index in [-0.39, 0.29) is 17.8 Å². The Bertz CT molecular complexity index is 882. The number of para-hydroxylation sites is 1. The number of nitrogens with one attached hydrogen (secondary N) is 1. The Labute approximate surface area is 156 Å². The van der Waals surface area contributed by atoms with E-state index in [9.17, 15) is 9.59 Å². The van der Waals surface area contributed by atoms with E-state index in [1.807, 2.05) is 44.2 Å². The van der Waals surface area contributed by atoms with Crippen LogP contribution in [0.25, 0.3) is 5.57 Å². The number of hydrogen-bond acceptors (Lipinski definition) is 6. The Kier molecular flexibility index (Phi) is 4.87. The molecule has 5 nitrogen and oxygen atoms in total. The summed E-state index contributed by atoms with van der Waals surface area (Å²) < 4.78 is 5.18. The van der Waals surface area contributed by atoms with Gasteiger partial charge in [0.15, 0.2) is 5.78 Å². The quantitative estimate of drug-likeness (QED) is 0.622. The van der Waals surface area contributed by atoms with Crippen molar-refractivity contribution in [2.24, 2.45) is 0 Å². The van der Waals surface area contributed by atoms with Crippen LogP contribution in [-0.4, -0.2) is 18.4 Å². The van der Waals surface area contributed by atoms with Crippen molar-refractivity contribution >= 4 is 39.4 Å². The third kappa shape index (κ3) is 3.24. The molecule has 0 aliphatic heterocycles. The van der Waals surface area contributed by atoms with Gasteiger partial charge in [-0.05, 0) is 19.1 Å². The van der Waals surface area contributed by atoms with E-state index in [1.54, 1.807) is 13.1 Å². The molecule has 1 heterocycles. The van der Waals surface area contributed by atoms with Crippen LogP contribution in [0.3, 0.4) is 0 Å². The van der Waals surface area contributed by atoms with Gasteiger partial charge in [-0.25, -0.2) is 4.79 Å². The minimum atomic E-state index is -0.487. The van der Waals surface area contributed by atoms with Gasteiger partial charge in [0, 0.05) is 39.7 Å². The van der Waals surface area contributed by atoms with E-state index in [2.05, 4.69) is 5.32 Å². The first-order chi connectivity index (χ1) is 12.3. The lowest BCUT2D eigenvalue weighted by atomic mass is 9.74. The molecule has 0 amide bonds. The van der Waals surface area contributed by atoms with Gasteiger partial charge in [-0.3, -0.25) is 4.79 Å². The highest BCUT2D eigenvalue weighted by atomic mass is 32.1. The summed E-state index contributed by atoms with van der Waals surface area (Å²) in [6, 6.07) is 9.55. The van der Waals surface area contributed by atoms with Crippen molar-refractivity contribution in [2.45, 2.75) is 32.6 Å². The van der Waals surface area contributed by atoms with Crippen LogP contribution in [0, 0.1) is 0 Å². The lowest BCUT2D eigenvalue weighted by molar-refractivity contribution is -0.114. The Balaban J connectivity index is 2.13. The molecule has 3 rings (SSSR count). The fraction of sp³-hybridized carbons (Fsp3) is 0.300. The molecule has 0 unspecified atom stereocenters. The minimum Gasteiger partial charge on any atom is -0.462 e. The number of esters is 1. The fourth-order valence-corrected chi connectivity index (χ4v) is 4.32. The lowest BCUT2D eigenvalue weighted by Crippen LogP contribution is -2.29. The van der Waals surface area contributed by atoms with Crippen LogP contribution < -0.4 is 11.1 Å². The summed E-state index contributed by atoms with van der Waals surface area (Å²) in [5.41, 5.74) is 8.01. The molecule has 0 saturated carbocycles. The van der Waals surface area contributed by atoms with Gasteiger partial charge in [-0.15, -0.1) is 11.3 Å². The molecular weight excluding hydrogens is 348 g/mol. The van der Waals surface area contributed by atoms with E-state index in [1.165, 1.54) is 11.3 Å². The number of hydrogen-bond donors (Lipinski definition) is 2. The molecule has 136 valence electrons. The van der Waals surface area contributed by atoms with E-state index in [0.717, 1.165) is 10.6 Å². The van der Waals surface area contributed by atoms with Crippen molar-refractivity contribution in [3.05, 3.63) is 52.5 Å². The molecule has 2 aromatic rings. The number of allylic oxidation sites excluding steroid dienone is 1. The Morgan fingerprint density at radius 3 is 2.69 bits per heavy atom. The van der Waals surface area contributed by atoms with Crippen LogP contribution >= 0.6 is 11.3 Å². The molecule has 1 aliphatic rings. The molecule has 0 saturated heterocycles. The largest absolute Gasteiger partial charge is 0.462 e. The number of ether oxygens (including phenoxy) is 1. The Hall–Kier alpha value is -2.60. The zero-order valence-corrected chi connectivity index (χ0v) is 15.9. The van der Waals surface area contributed by atoms with Crippen molar-refractivity contribution < 1.29 is 14.3 Å². The first-order valence-electron chi connectivity index (χ1n) is 8.50. The van der Waals surface area contributed by atoms with Crippen molar-refractivity contribution in [2.75, 3.05) is 17.7 Å². The number of benzene rings is 1. The molecule has 0 bridgehead atoms. The summed E-state index contributed by atoms with van der Waals surface area (Å²) in [4.78, 5) is 26.3. The smallest absolute Gasteiger partial charge is 0.341 e. The Morgan fingerprint density at radius 1 is 1.35 bits per heavy atom. The third-order valence-corrected chi connectivity index (χ3v) is 5.74. The van der Waals surface area contributed by atoms with Crippen LogP contribution in [0.2, 0.25) is 0 Å². The highest BCUT2D eigenvalue weighted by Gasteiger charge is 2.41. The molecule has 1 aromatic heterocycles. The van der Waals surface area contributed by atoms with Crippen LogP contribution in [0.4, 0.5) is 10.7 Å². The lowest BCUT2D eigenvalue weighted by Gasteiger charge is -2.30. The molecule has 1 aromatic carbocycles. The molecule has 3 N–H and O–H groups in total. The summed E-state index contributed by atoms with van der Waals surface area (Å²) in [5.74, 6) is -0.507. The number of carbonyl (C=O) groups excluding carboxylic acids is 2. The van der Waals surface area contributed by atoms with Crippen molar-refractivity contribution in [1.29, 1.82) is 0 Å². The van der Waals surface area contributed by atoms with Gasteiger partial charge in [0.1, 0.15) is 10.6 Å². The van der Waals surface area contributed by atoms with Gasteiger partial charge in [0.2, 0.25) is 0 Å². The van der Waals surface area contributed by atoms with Gasteiger partial charge in [-0.1, -0.05) is 32.0 Å². The van der Waals surface area contributed by atoms with Crippen LogP contribution in [0.5, 0.6) is 0 Å². The average molecular weight is 370 g/mol. The summed E-state index contributed by atoms with van der Waals surface area (Å²) >= 11 is 1.36. The number of nitrogens with two attached hydrogens (primary N) is 1. The third-order valence-electron chi connectivity index (χ3n) is 4.36. The molecule has 1 aliphatic carbocycles. The number of rotatable bonds is 4. The minimum absolute atomic E-state index is 0.0192. The number of ketones is 1. The molecule has 6 heteroatoms. The topological polar surface area (TPSA) is 81.4 Å². The highest BCUT2D eigenvalue weighted by Crippen LogP contribution is 2.48. The summed E-state index contributed by atoms with van der Waals surface area (Å²) in [6.45, 7) is 5.99. The monoisotopic (exact) mass is 370 g/mol. The maximum atomic E-state index is 12.8. The molecule has 0 spiro atoms.